The molecule has 3 nitrogen and oxygen atoms in total. The van der Waals surface area contributed by atoms with E-state index in [9.17, 15) is 4.39 Å². The van der Waals surface area contributed by atoms with Gasteiger partial charge in [-0.25, -0.2) is 14.4 Å². The minimum absolute atomic E-state index is 0.305. The first-order valence-electron chi connectivity index (χ1n) is 6.05. The van der Waals surface area contributed by atoms with Crippen LogP contribution in [-0.2, 0) is 0 Å². The first-order valence-corrected chi connectivity index (χ1v) is 8.07. The van der Waals surface area contributed by atoms with Crippen molar-refractivity contribution in [2.75, 3.05) is 12.0 Å². The van der Waals surface area contributed by atoms with E-state index in [4.69, 9.17) is 5.73 Å². The molecule has 1 heterocycles. The summed E-state index contributed by atoms with van der Waals surface area (Å²) in [5.74, 6) is -0.0245. The van der Waals surface area contributed by atoms with Gasteiger partial charge in [0.2, 0.25) is 0 Å². The highest BCUT2D eigenvalue weighted by Gasteiger charge is 2.00. The highest BCUT2D eigenvalue weighted by molar-refractivity contribution is 9.10. The largest absolute Gasteiger partial charge is 0.383 e. The lowest BCUT2D eigenvalue weighted by atomic mass is 10.2. The van der Waals surface area contributed by atoms with Gasteiger partial charge in [-0.3, -0.25) is 0 Å². The van der Waals surface area contributed by atoms with Crippen molar-refractivity contribution in [1.29, 1.82) is 0 Å². The average molecular weight is 366 g/mol. The monoisotopic (exact) mass is 365 g/mol. The summed E-state index contributed by atoms with van der Waals surface area (Å²) >= 11 is 5.12. The normalized spacial score (nSPS) is 10.0. The van der Waals surface area contributed by atoms with Gasteiger partial charge < -0.3 is 5.73 Å². The molecule has 0 fully saturated rings. The molecular formula is C15H13BrFN3S. The summed E-state index contributed by atoms with van der Waals surface area (Å²) in [5.41, 5.74) is 6.16. The molecule has 0 aliphatic rings. The van der Waals surface area contributed by atoms with Crippen molar-refractivity contribution in [2.24, 2.45) is 0 Å². The Morgan fingerprint density at radius 2 is 1.81 bits per heavy atom. The van der Waals surface area contributed by atoms with Gasteiger partial charge in [0.05, 0.1) is 5.52 Å². The molecule has 0 saturated heterocycles. The number of nitrogens with two attached hydrogens (primary N) is 1. The summed E-state index contributed by atoms with van der Waals surface area (Å²) < 4.78 is 13.8. The summed E-state index contributed by atoms with van der Waals surface area (Å²) in [6.45, 7) is 0. The van der Waals surface area contributed by atoms with Crippen LogP contribution < -0.4 is 5.73 Å². The van der Waals surface area contributed by atoms with E-state index in [1.54, 1.807) is 17.8 Å². The Morgan fingerprint density at radius 1 is 1.10 bits per heavy atom. The fraction of sp³-hybridized carbons (Fsp3) is 0.0667. The predicted octanol–water partition coefficient (Wildman–Crippen LogP) is 4.52. The van der Waals surface area contributed by atoms with E-state index in [1.807, 2.05) is 12.1 Å². The Bertz CT molecular complexity index is 735. The van der Waals surface area contributed by atoms with Crippen molar-refractivity contribution in [1.82, 2.24) is 9.97 Å². The number of fused-ring (bicyclic) bond motifs is 1. The number of nitrogen functional groups attached to an aromatic ring is 1. The zero-order chi connectivity index (χ0) is 15.2. The van der Waals surface area contributed by atoms with Gasteiger partial charge in [-0.2, -0.15) is 0 Å². The molecule has 108 valence electrons. The average Bonchev–Trinajstić information content (AvgIpc) is 2.50. The van der Waals surface area contributed by atoms with Gasteiger partial charge >= 0.3 is 0 Å². The van der Waals surface area contributed by atoms with Crippen molar-refractivity contribution in [3.63, 3.8) is 0 Å². The van der Waals surface area contributed by atoms with Crippen LogP contribution in [0.5, 0.6) is 0 Å². The first kappa shape index (κ1) is 15.7. The summed E-state index contributed by atoms with van der Waals surface area (Å²) in [5, 5.41) is 0.553. The molecular weight excluding hydrogens is 353 g/mol. The Balaban J connectivity index is 0.000000161. The maximum atomic E-state index is 12.7. The third-order valence-electron chi connectivity index (χ3n) is 2.68. The molecule has 1 aromatic heterocycles. The number of aromatic nitrogens is 2. The van der Waals surface area contributed by atoms with E-state index in [0.29, 0.717) is 16.7 Å². The van der Waals surface area contributed by atoms with Crippen LogP contribution in [0.4, 0.5) is 10.2 Å². The van der Waals surface area contributed by atoms with Crippen LogP contribution in [0.15, 0.2) is 58.2 Å². The van der Waals surface area contributed by atoms with E-state index in [-0.39, 0.29) is 5.82 Å². The highest BCUT2D eigenvalue weighted by Crippen LogP contribution is 2.17. The maximum Gasteiger partial charge on any atom is 0.134 e. The standard InChI is InChI=1S/C8H6FN3.C7H7BrS/c9-5-1-2-7-6(3-5)8(10)12-4-11-7;1-9-7-4-2-6(8)3-5-7/h1-4H,(H2,10,11,12);2-5H,1H3. The summed E-state index contributed by atoms with van der Waals surface area (Å²) in [7, 11) is 0. The molecule has 0 spiro atoms. The minimum Gasteiger partial charge on any atom is -0.383 e. The van der Waals surface area contributed by atoms with E-state index >= 15 is 0 Å². The van der Waals surface area contributed by atoms with Gasteiger partial charge in [-0.1, -0.05) is 15.9 Å². The number of halogens is 2. The van der Waals surface area contributed by atoms with Crippen molar-refractivity contribution in [2.45, 2.75) is 4.90 Å². The SMILES string of the molecule is CSc1ccc(Br)cc1.Nc1ncnc2ccc(F)cc12. The zero-order valence-electron chi connectivity index (χ0n) is 11.3. The molecule has 6 heteroatoms. The molecule has 0 radical (unpaired) electrons. The molecule has 0 saturated carbocycles. The molecule has 3 aromatic rings. The second-order valence-corrected chi connectivity index (χ2v) is 5.87. The van der Waals surface area contributed by atoms with E-state index in [2.05, 4.69) is 44.3 Å². The van der Waals surface area contributed by atoms with Crippen LogP contribution in [0.1, 0.15) is 0 Å². The third-order valence-corrected chi connectivity index (χ3v) is 3.95. The van der Waals surface area contributed by atoms with Gasteiger partial charge in [0.25, 0.3) is 0 Å². The van der Waals surface area contributed by atoms with Gasteiger partial charge in [-0.15, -0.1) is 11.8 Å². The lowest BCUT2D eigenvalue weighted by Gasteiger charge is -1.98. The molecule has 0 bridgehead atoms. The second-order valence-electron chi connectivity index (χ2n) is 4.08. The second kappa shape index (κ2) is 7.38. The quantitative estimate of drug-likeness (QED) is 0.644. The lowest BCUT2D eigenvalue weighted by Crippen LogP contribution is -1.93. The maximum absolute atomic E-state index is 12.7. The molecule has 0 unspecified atom stereocenters. The molecule has 3 rings (SSSR count). The van der Waals surface area contributed by atoms with Crippen LogP contribution in [0.3, 0.4) is 0 Å². The lowest BCUT2D eigenvalue weighted by molar-refractivity contribution is 0.629. The molecule has 2 N–H and O–H groups in total. The molecule has 21 heavy (non-hydrogen) atoms. The van der Waals surface area contributed by atoms with E-state index < -0.39 is 0 Å². The summed E-state index contributed by atoms with van der Waals surface area (Å²) in [6, 6.07) is 12.5. The van der Waals surface area contributed by atoms with Crippen LogP contribution >= 0.6 is 27.7 Å². The van der Waals surface area contributed by atoms with Gasteiger partial charge in [-0.05, 0) is 48.7 Å². The van der Waals surface area contributed by atoms with Crippen molar-refractivity contribution >= 4 is 44.4 Å². The Hall–Kier alpha value is -1.66. The Labute approximate surface area is 134 Å². The van der Waals surface area contributed by atoms with Crippen molar-refractivity contribution in [3.8, 4) is 0 Å². The number of hydrogen-bond donors (Lipinski definition) is 1. The highest BCUT2D eigenvalue weighted by atomic mass is 79.9. The molecule has 0 amide bonds. The van der Waals surface area contributed by atoms with Gasteiger partial charge in [0.1, 0.15) is 18.0 Å². The molecule has 0 atom stereocenters. The van der Waals surface area contributed by atoms with Crippen molar-refractivity contribution in [3.05, 3.63) is 59.1 Å². The molecule has 2 aromatic carbocycles. The Morgan fingerprint density at radius 3 is 2.48 bits per heavy atom. The number of hydrogen-bond acceptors (Lipinski definition) is 4. The van der Waals surface area contributed by atoms with Crippen molar-refractivity contribution < 1.29 is 4.39 Å². The van der Waals surface area contributed by atoms with E-state index in [0.717, 1.165) is 4.47 Å². The van der Waals surface area contributed by atoms with Gasteiger partial charge in [0.15, 0.2) is 0 Å². The fourth-order valence-corrected chi connectivity index (χ4v) is 2.29. The summed E-state index contributed by atoms with van der Waals surface area (Å²) in [4.78, 5) is 8.98. The van der Waals surface area contributed by atoms with Gasteiger partial charge in [0, 0.05) is 14.8 Å². The number of thioether (sulfide) groups is 1. The Kier molecular flexibility index (Phi) is 5.52. The van der Waals surface area contributed by atoms with E-state index in [1.165, 1.54) is 23.4 Å². The predicted molar refractivity (Wildman–Crippen MR) is 89.8 cm³/mol. The minimum atomic E-state index is -0.330. The molecule has 0 aliphatic carbocycles. The zero-order valence-corrected chi connectivity index (χ0v) is 13.7. The van der Waals surface area contributed by atoms with Crippen LogP contribution in [0, 0.1) is 5.82 Å². The smallest absolute Gasteiger partial charge is 0.134 e. The van der Waals surface area contributed by atoms with Crippen LogP contribution in [0.2, 0.25) is 0 Å². The van der Waals surface area contributed by atoms with Crippen LogP contribution in [-0.4, -0.2) is 16.2 Å². The summed E-state index contributed by atoms with van der Waals surface area (Å²) in [6.07, 6.45) is 3.43. The number of rotatable bonds is 1. The number of benzene rings is 2. The molecule has 0 aliphatic heterocycles. The third kappa shape index (κ3) is 4.41. The topological polar surface area (TPSA) is 51.8 Å². The number of anilines is 1. The van der Waals surface area contributed by atoms with Crippen LogP contribution in [0.25, 0.3) is 10.9 Å². The fourth-order valence-electron chi connectivity index (χ4n) is 1.62. The first-order chi connectivity index (χ1) is 10.1. The number of nitrogens with zero attached hydrogens (tertiary/aromatic N) is 2.